The molecule has 3 rings (SSSR count). The third kappa shape index (κ3) is 3.54. The fraction of sp³-hybridized carbons (Fsp3) is 0.864. The summed E-state index contributed by atoms with van der Waals surface area (Å²) in [5, 5.41) is 11.6. The van der Waals surface area contributed by atoms with E-state index in [1.807, 2.05) is 13.8 Å². The highest BCUT2D eigenvalue weighted by molar-refractivity contribution is 5.87. The molecule has 142 valence electrons. The van der Waals surface area contributed by atoms with E-state index in [1.54, 1.807) is 0 Å². The number of hydrogen-bond acceptors (Lipinski definition) is 3. The summed E-state index contributed by atoms with van der Waals surface area (Å²) in [5.41, 5.74) is 0.0572. The van der Waals surface area contributed by atoms with Gasteiger partial charge in [0.25, 0.3) is 0 Å². The zero-order valence-corrected chi connectivity index (χ0v) is 16.4. The molecule has 0 aromatic heterocycles. The molecule has 0 aliphatic heterocycles. The first-order valence-electron chi connectivity index (χ1n) is 10.5. The number of rotatable bonds is 4. The molecule has 3 aliphatic rings. The van der Waals surface area contributed by atoms with Crippen LogP contribution in [0.15, 0.2) is 11.6 Å². The number of hydrogen-bond donors (Lipinski definition) is 1. The smallest absolute Gasteiger partial charge is 0.333 e. The van der Waals surface area contributed by atoms with Gasteiger partial charge in [0.2, 0.25) is 0 Å². The maximum Gasteiger partial charge on any atom is 0.333 e. The van der Waals surface area contributed by atoms with Crippen LogP contribution in [0, 0.1) is 23.2 Å². The van der Waals surface area contributed by atoms with E-state index in [4.69, 9.17) is 4.74 Å². The van der Waals surface area contributed by atoms with Crippen LogP contribution in [0.2, 0.25) is 0 Å². The van der Waals surface area contributed by atoms with E-state index in [9.17, 15) is 9.90 Å². The normalized spacial score (nSPS) is 39.9. The minimum absolute atomic E-state index is 0.0913. The molecule has 0 aromatic carbocycles. The quantitative estimate of drug-likeness (QED) is 0.573. The topological polar surface area (TPSA) is 46.5 Å². The molecule has 0 unspecified atom stereocenters. The highest BCUT2D eigenvalue weighted by Crippen LogP contribution is 2.61. The zero-order chi connectivity index (χ0) is 18.1. The Morgan fingerprint density at radius 2 is 1.84 bits per heavy atom. The van der Waals surface area contributed by atoms with Crippen molar-refractivity contribution >= 4 is 5.97 Å². The van der Waals surface area contributed by atoms with Crippen LogP contribution < -0.4 is 0 Å². The van der Waals surface area contributed by atoms with Gasteiger partial charge in [-0.25, -0.2) is 4.79 Å². The van der Waals surface area contributed by atoms with Gasteiger partial charge >= 0.3 is 5.97 Å². The Labute approximate surface area is 153 Å². The van der Waals surface area contributed by atoms with E-state index in [1.165, 1.54) is 38.5 Å². The van der Waals surface area contributed by atoms with Gasteiger partial charge in [0.1, 0.15) is 0 Å². The molecule has 4 atom stereocenters. The third-order valence-electron chi connectivity index (χ3n) is 7.75. The molecule has 0 amide bonds. The number of aliphatic hydroxyl groups is 1. The first-order valence-corrected chi connectivity index (χ1v) is 10.5. The average Bonchev–Trinajstić information content (AvgIpc) is 2.87. The summed E-state index contributed by atoms with van der Waals surface area (Å²) in [5.74, 6) is 1.61. The standard InChI is InChI=1S/C22H36O3/c1-4-25-20(23)16(2)14-19-11-13-22(24)15-18(10-12-21(19,22)3)17-8-6-5-7-9-17/h14,17-19,24H,4-13,15H2,1-3H3/b16-14+/t18-,19+,21+,22-/m0/s1. The van der Waals surface area contributed by atoms with Crippen molar-refractivity contribution in [1.29, 1.82) is 0 Å². The lowest BCUT2D eigenvalue weighted by Gasteiger charge is -2.51. The summed E-state index contributed by atoms with van der Waals surface area (Å²) in [6, 6.07) is 0. The minimum Gasteiger partial charge on any atom is -0.463 e. The fourth-order valence-corrected chi connectivity index (χ4v) is 6.01. The number of fused-ring (bicyclic) bond motifs is 1. The van der Waals surface area contributed by atoms with Crippen molar-refractivity contribution in [2.75, 3.05) is 6.61 Å². The van der Waals surface area contributed by atoms with Crippen LogP contribution >= 0.6 is 0 Å². The number of carbonyl (C=O) groups is 1. The maximum atomic E-state index is 12.0. The van der Waals surface area contributed by atoms with Crippen molar-refractivity contribution in [3.63, 3.8) is 0 Å². The summed E-state index contributed by atoms with van der Waals surface area (Å²) in [6.07, 6.45) is 14.1. The van der Waals surface area contributed by atoms with Crippen LogP contribution in [0.5, 0.6) is 0 Å². The molecule has 0 heterocycles. The van der Waals surface area contributed by atoms with Gasteiger partial charge in [0, 0.05) is 11.0 Å². The Kier molecular flexibility index (Phi) is 5.63. The van der Waals surface area contributed by atoms with Crippen LogP contribution in [0.4, 0.5) is 0 Å². The molecule has 0 spiro atoms. The fourth-order valence-electron chi connectivity index (χ4n) is 6.01. The second-order valence-electron chi connectivity index (χ2n) is 9.07. The third-order valence-corrected chi connectivity index (χ3v) is 7.75. The van der Waals surface area contributed by atoms with Gasteiger partial charge in [-0.15, -0.1) is 0 Å². The second kappa shape index (κ2) is 7.42. The molecule has 1 N–H and O–H groups in total. The van der Waals surface area contributed by atoms with E-state index in [0.717, 1.165) is 31.6 Å². The van der Waals surface area contributed by atoms with Crippen molar-refractivity contribution in [2.45, 2.75) is 90.6 Å². The van der Waals surface area contributed by atoms with Gasteiger partial charge < -0.3 is 9.84 Å². The van der Waals surface area contributed by atoms with Crippen LogP contribution in [0.25, 0.3) is 0 Å². The number of carbonyl (C=O) groups excluding carboxylic acids is 1. The Bertz CT molecular complexity index is 519. The van der Waals surface area contributed by atoms with Gasteiger partial charge in [-0.3, -0.25) is 0 Å². The number of ether oxygens (including phenoxy) is 1. The van der Waals surface area contributed by atoms with Crippen molar-refractivity contribution in [3.05, 3.63) is 11.6 Å². The average molecular weight is 349 g/mol. The monoisotopic (exact) mass is 348 g/mol. The first kappa shape index (κ1) is 18.9. The summed E-state index contributed by atoms with van der Waals surface area (Å²) in [6.45, 7) is 6.37. The van der Waals surface area contributed by atoms with E-state index < -0.39 is 5.60 Å². The molecular formula is C22H36O3. The van der Waals surface area contributed by atoms with Crippen molar-refractivity contribution < 1.29 is 14.6 Å². The lowest BCUT2D eigenvalue weighted by molar-refractivity contribution is -0.138. The van der Waals surface area contributed by atoms with Crippen LogP contribution in [-0.2, 0) is 9.53 Å². The largest absolute Gasteiger partial charge is 0.463 e. The Morgan fingerprint density at radius 3 is 2.52 bits per heavy atom. The number of allylic oxidation sites excluding steroid dienone is 1. The van der Waals surface area contributed by atoms with Crippen molar-refractivity contribution in [1.82, 2.24) is 0 Å². The molecule has 0 aromatic rings. The van der Waals surface area contributed by atoms with E-state index in [-0.39, 0.29) is 17.3 Å². The van der Waals surface area contributed by atoms with E-state index in [0.29, 0.717) is 18.1 Å². The summed E-state index contributed by atoms with van der Waals surface area (Å²) in [7, 11) is 0. The maximum absolute atomic E-state index is 12.0. The van der Waals surface area contributed by atoms with Gasteiger partial charge in [-0.2, -0.15) is 0 Å². The van der Waals surface area contributed by atoms with Crippen LogP contribution in [0.1, 0.15) is 85.0 Å². The van der Waals surface area contributed by atoms with E-state index in [2.05, 4.69) is 13.0 Å². The Morgan fingerprint density at radius 1 is 1.12 bits per heavy atom. The molecule has 3 heteroatoms. The van der Waals surface area contributed by atoms with Gasteiger partial charge in [0.15, 0.2) is 0 Å². The molecule has 0 bridgehead atoms. The Balaban J connectivity index is 1.72. The van der Waals surface area contributed by atoms with Gasteiger partial charge in [-0.1, -0.05) is 45.1 Å². The molecule has 0 saturated heterocycles. The zero-order valence-electron chi connectivity index (χ0n) is 16.4. The molecule has 25 heavy (non-hydrogen) atoms. The van der Waals surface area contributed by atoms with Crippen LogP contribution in [0.3, 0.4) is 0 Å². The highest BCUT2D eigenvalue weighted by Gasteiger charge is 2.58. The first-order chi connectivity index (χ1) is 11.9. The lowest BCUT2D eigenvalue weighted by Crippen LogP contribution is -2.50. The van der Waals surface area contributed by atoms with E-state index >= 15 is 0 Å². The number of esters is 1. The molecular weight excluding hydrogens is 312 g/mol. The van der Waals surface area contributed by atoms with Gasteiger partial charge in [-0.05, 0) is 63.7 Å². The van der Waals surface area contributed by atoms with Crippen molar-refractivity contribution in [3.8, 4) is 0 Å². The highest BCUT2D eigenvalue weighted by atomic mass is 16.5. The second-order valence-corrected chi connectivity index (χ2v) is 9.07. The molecule has 3 aliphatic carbocycles. The lowest BCUT2D eigenvalue weighted by atomic mass is 9.57. The SMILES string of the molecule is CCOC(=O)/C(C)=C/[C@H]1CC[C@]2(O)C[C@@H](C3CCCCC3)CC[C@]12C. The summed E-state index contributed by atoms with van der Waals surface area (Å²) in [4.78, 5) is 12.0. The minimum atomic E-state index is -0.552. The predicted molar refractivity (Wildman–Crippen MR) is 100 cm³/mol. The Hall–Kier alpha value is -0.830. The van der Waals surface area contributed by atoms with Crippen molar-refractivity contribution in [2.24, 2.45) is 23.2 Å². The van der Waals surface area contributed by atoms with Crippen LogP contribution in [-0.4, -0.2) is 23.3 Å². The molecule has 3 fully saturated rings. The summed E-state index contributed by atoms with van der Waals surface area (Å²) < 4.78 is 5.13. The summed E-state index contributed by atoms with van der Waals surface area (Å²) >= 11 is 0. The predicted octanol–water partition coefficient (Wildman–Crippen LogP) is 5.02. The molecule has 0 radical (unpaired) electrons. The van der Waals surface area contributed by atoms with Gasteiger partial charge in [0.05, 0.1) is 12.2 Å². The molecule has 3 nitrogen and oxygen atoms in total. The molecule has 3 saturated carbocycles.